The highest BCUT2D eigenvalue weighted by Gasteiger charge is 2.08. The molecule has 0 unspecified atom stereocenters. The Hall–Kier alpha value is -2.57. The van der Waals surface area contributed by atoms with Gasteiger partial charge in [-0.25, -0.2) is 0 Å². The molecule has 1 heterocycles. The molecule has 2 nitrogen and oxygen atoms in total. The Labute approximate surface area is 127 Å². The lowest BCUT2D eigenvalue weighted by Gasteiger charge is -2.01. The average Bonchev–Trinajstić information content (AvgIpc) is 2.97. The van der Waals surface area contributed by atoms with E-state index in [9.17, 15) is 5.26 Å². The molecular weight excluding hydrogens is 278 g/mol. The van der Waals surface area contributed by atoms with Gasteiger partial charge >= 0.3 is 0 Å². The Balaban J connectivity index is 2.05. The van der Waals surface area contributed by atoms with Crippen LogP contribution in [0.15, 0.2) is 53.9 Å². The predicted octanol–water partition coefficient (Wildman–Crippen LogP) is 4.97. The Morgan fingerprint density at radius 2 is 1.90 bits per heavy atom. The van der Waals surface area contributed by atoms with Crippen LogP contribution in [0.1, 0.15) is 11.1 Å². The SMILES string of the molecule is COc1ccc(C=C(C#N)c2csc3ccccc23)cc1. The molecular formula is C18H13NOS. The van der Waals surface area contributed by atoms with Crippen molar-refractivity contribution in [2.45, 2.75) is 0 Å². The number of methoxy groups -OCH3 is 1. The zero-order valence-corrected chi connectivity index (χ0v) is 12.4. The number of thiophene rings is 1. The van der Waals surface area contributed by atoms with E-state index in [4.69, 9.17) is 4.74 Å². The van der Waals surface area contributed by atoms with E-state index >= 15 is 0 Å². The first kappa shape index (κ1) is 13.4. The molecule has 3 heteroatoms. The van der Waals surface area contributed by atoms with Gasteiger partial charge < -0.3 is 4.74 Å². The van der Waals surface area contributed by atoms with Gasteiger partial charge in [0.25, 0.3) is 0 Å². The molecule has 0 saturated heterocycles. The second kappa shape index (κ2) is 5.82. The first-order chi connectivity index (χ1) is 10.3. The van der Waals surface area contributed by atoms with E-state index in [1.807, 2.05) is 47.9 Å². The summed E-state index contributed by atoms with van der Waals surface area (Å²) in [5.41, 5.74) is 2.66. The summed E-state index contributed by atoms with van der Waals surface area (Å²) < 4.78 is 6.34. The number of allylic oxidation sites excluding steroid dienone is 1. The topological polar surface area (TPSA) is 33.0 Å². The average molecular weight is 291 g/mol. The van der Waals surface area contributed by atoms with Gasteiger partial charge in [0.05, 0.1) is 18.8 Å². The number of ether oxygens (including phenoxy) is 1. The smallest absolute Gasteiger partial charge is 0.118 e. The van der Waals surface area contributed by atoms with Crippen LogP contribution in [0.5, 0.6) is 5.75 Å². The molecule has 2 aromatic carbocycles. The molecule has 0 fully saturated rings. The molecule has 0 atom stereocenters. The highest BCUT2D eigenvalue weighted by molar-refractivity contribution is 7.17. The fourth-order valence-electron chi connectivity index (χ4n) is 2.22. The molecule has 0 aliphatic heterocycles. The minimum atomic E-state index is 0.678. The number of nitrogens with zero attached hydrogens (tertiary/aromatic N) is 1. The summed E-state index contributed by atoms with van der Waals surface area (Å²) >= 11 is 1.66. The number of nitriles is 1. The molecule has 0 aliphatic carbocycles. The van der Waals surface area contributed by atoms with Gasteiger partial charge in [0.15, 0.2) is 0 Å². The second-order valence-corrected chi connectivity index (χ2v) is 5.50. The molecule has 0 aliphatic rings. The van der Waals surface area contributed by atoms with E-state index in [1.165, 1.54) is 4.70 Å². The first-order valence-electron chi connectivity index (χ1n) is 6.54. The van der Waals surface area contributed by atoms with E-state index in [0.717, 1.165) is 22.3 Å². The van der Waals surface area contributed by atoms with Gasteiger partial charge in [-0.1, -0.05) is 30.3 Å². The summed E-state index contributed by atoms with van der Waals surface area (Å²) in [6.45, 7) is 0. The molecule has 102 valence electrons. The summed E-state index contributed by atoms with van der Waals surface area (Å²) in [6.07, 6.45) is 1.91. The maximum atomic E-state index is 9.48. The van der Waals surface area contributed by atoms with Gasteiger partial charge in [-0.05, 0) is 29.8 Å². The lowest BCUT2D eigenvalue weighted by atomic mass is 10.0. The highest BCUT2D eigenvalue weighted by Crippen LogP contribution is 2.31. The van der Waals surface area contributed by atoms with Crippen molar-refractivity contribution in [3.63, 3.8) is 0 Å². The lowest BCUT2D eigenvalue weighted by Crippen LogP contribution is -1.83. The lowest BCUT2D eigenvalue weighted by molar-refractivity contribution is 0.415. The van der Waals surface area contributed by atoms with E-state index in [-0.39, 0.29) is 0 Å². The number of rotatable bonds is 3. The Kier molecular flexibility index (Phi) is 3.72. The summed E-state index contributed by atoms with van der Waals surface area (Å²) in [5, 5.41) is 12.7. The maximum Gasteiger partial charge on any atom is 0.118 e. The Morgan fingerprint density at radius 3 is 2.62 bits per heavy atom. The van der Waals surface area contributed by atoms with Crippen molar-refractivity contribution in [2.75, 3.05) is 7.11 Å². The quantitative estimate of drug-likeness (QED) is 0.638. The minimum Gasteiger partial charge on any atom is -0.497 e. The predicted molar refractivity (Wildman–Crippen MR) is 88.3 cm³/mol. The van der Waals surface area contributed by atoms with Crippen molar-refractivity contribution in [2.24, 2.45) is 0 Å². The molecule has 3 rings (SSSR count). The van der Waals surface area contributed by atoms with Gasteiger partial charge in [-0.3, -0.25) is 0 Å². The van der Waals surface area contributed by atoms with Crippen LogP contribution >= 0.6 is 11.3 Å². The van der Waals surface area contributed by atoms with Crippen molar-refractivity contribution in [3.8, 4) is 11.8 Å². The first-order valence-corrected chi connectivity index (χ1v) is 7.42. The van der Waals surface area contributed by atoms with Crippen LogP contribution in [0.25, 0.3) is 21.7 Å². The minimum absolute atomic E-state index is 0.678. The molecule has 0 bridgehead atoms. The molecule has 0 saturated carbocycles. The molecule has 0 spiro atoms. The van der Waals surface area contributed by atoms with E-state index < -0.39 is 0 Å². The molecule has 1 aromatic heterocycles. The zero-order valence-electron chi connectivity index (χ0n) is 11.5. The van der Waals surface area contributed by atoms with Crippen LogP contribution in [0.4, 0.5) is 0 Å². The van der Waals surface area contributed by atoms with E-state index in [0.29, 0.717) is 5.57 Å². The summed E-state index contributed by atoms with van der Waals surface area (Å²) in [6, 6.07) is 18.1. The van der Waals surface area contributed by atoms with Gasteiger partial charge in [0.2, 0.25) is 0 Å². The van der Waals surface area contributed by atoms with Crippen LogP contribution in [-0.4, -0.2) is 7.11 Å². The van der Waals surface area contributed by atoms with Crippen molar-refractivity contribution in [1.82, 2.24) is 0 Å². The third kappa shape index (κ3) is 2.67. The number of fused-ring (bicyclic) bond motifs is 1. The van der Waals surface area contributed by atoms with Crippen LogP contribution in [0, 0.1) is 11.3 Å². The highest BCUT2D eigenvalue weighted by atomic mass is 32.1. The fraction of sp³-hybridized carbons (Fsp3) is 0.0556. The van der Waals surface area contributed by atoms with E-state index in [1.54, 1.807) is 18.4 Å². The van der Waals surface area contributed by atoms with Crippen LogP contribution in [0.3, 0.4) is 0 Å². The number of hydrogen-bond donors (Lipinski definition) is 0. The van der Waals surface area contributed by atoms with Gasteiger partial charge in [0.1, 0.15) is 5.75 Å². The summed E-state index contributed by atoms with van der Waals surface area (Å²) in [7, 11) is 1.64. The molecule has 0 amide bonds. The summed E-state index contributed by atoms with van der Waals surface area (Å²) in [4.78, 5) is 0. The molecule has 21 heavy (non-hydrogen) atoms. The van der Waals surface area contributed by atoms with Gasteiger partial charge in [-0.2, -0.15) is 5.26 Å². The zero-order chi connectivity index (χ0) is 14.7. The second-order valence-electron chi connectivity index (χ2n) is 4.59. The van der Waals surface area contributed by atoms with Crippen molar-refractivity contribution in [1.29, 1.82) is 5.26 Å². The Morgan fingerprint density at radius 1 is 1.14 bits per heavy atom. The van der Waals surface area contributed by atoms with Gasteiger partial charge in [0, 0.05) is 21.0 Å². The molecule has 3 aromatic rings. The van der Waals surface area contributed by atoms with Crippen molar-refractivity contribution < 1.29 is 4.74 Å². The number of hydrogen-bond acceptors (Lipinski definition) is 3. The third-order valence-electron chi connectivity index (χ3n) is 3.32. The largest absolute Gasteiger partial charge is 0.497 e. The normalized spacial score (nSPS) is 11.3. The summed E-state index contributed by atoms with van der Waals surface area (Å²) in [5.74, 6) is 0.812. The van der Waals surface area contributed by atoms with Crippen LogP contribution in [0.2, 0.25) is 0 Å². The van der Waals surface area contributed by atoms with Crippen molar-refractivity contribution in [3.05, 3.63) is 65.0 Å². The van der Waals surface area contributed by atoms with Gasteiger partial charge in [-0.15, -0.1) is 11.3 Å². The third-order valence-corrected chi connectivity index (χ3v) is 4.28. The van der Waals surface area contributed by atoms with Crippen LogP contribution in [-0.2, 0) is 0 Å². The van der Waals surface area contributed by atoms with Crippen molar-refractivity contribution >= 4 is 33.1 Å². The fourth-order valence-corrected chi connectivity index (χ4v) is 3.18. The maximum absolute atomic E-state index is 9.48. The van der Waals surface area contributed by atoms with E-state index in [2.05, 4.69) is 18.2 Å². The molecule has 0 N–H and O–H groups in total. The van der Waals surface area contributed by atoms with Crippen LogP contribution < -0.4 is 4.74 Å². The number of benzene rings is 2. The molecule has 0 radical (unpaired) electrons. The Bertz CT molecular complexity index is 838. The monoisotopic (exact) mass is 291 g/mol. The standard InChI is InChI=1S/C18H13NOS/c1-20-15-8-6-13(7-9-15)10-14(11-19)17-12-21-18-5-3-2-4-16(17)18/h2-10,12H,1H3.